The lowest BCUT2D eigenvalue weighted by molar-refractivity contribution is -0.142. The second-order valence-corrected chi connectivity index (χ2v) is 6.02. The minimum absolute atomic E-state index is 0.00961. The van der Waals surface area contributed by atoms with Gasteiger partial charge in [0.2, 0.25) is 5.91 Å². The number of ether oxygens (including phenoxy) is 2. The van der Waals surface area contributed by atoms with E-state index in [-0.39, 0.29) is 18.4 Å². The smallest absolute Gasteiger partial charge is 0.343 e. The first-order chi connectivity index (χ1) is 12.2. The maximum atomic E-state index is 12.7. The monoisotopic (exact) mass is 339 g/mol. The highest BCUT2D eigenvalue weighted by molar-refractivity contribution is 5.96. The maximum Gasteiger partial charge on any atom is 0.343 e. The summed E-state index contributed by atoms with van der Waals surface area (Å²) in [6.07, 6.45) is 2.92. The lowest BCUT2D eigenvalue weighted by Crippen LogP contribution is -2.24. The molecule has 1 aliphatic rings. The van der Waals surface area contributed by atoms with Crippen LogP contribution in [-0.4, -0.2) is 25.6 Å². The number of fused-ring (bicyclic) bond motifs is 1. The van der Waals surface area contributed by atoms with Crippen LogP contribution in [0.2, 0.25) is 0 Å². The van der Waals surface area contributed by atoms with Gasteiger partial charge < -0.3 is 14.8 Å². The molecular formula is C20H21NO4. The molecule has 0 aromatic heterocycles. The van der Waals surface area contributed by atoms with Gasteiger partial charge in [-0.3, -0.25) is 4.79 Å². The first kappa shape index (κ1) is 17.0. The van der Waals surface area contributed by atoms with Crippen molar-refractivity contribution in [2.24, 2.45) is 0 Å². The molecule has 0 unspecified atom stereocenters. The number of esters is 1. The van der Waals surface area contributed by atoms with E-state index in [0.29, 0.717) is 11.4 Å². The van der Waals surface area contributed by atoms with Gasteiger partial charge in [0.1, 0.15) is 5.75 Å². The largest absolute Gasteiger partial charge is 0.482 e. The number of rotatable bonds is 5. The van der Waals surface area contributed by atoms with Crippen LogP contribution < -0.4 is 10.1 Å². The predicted molar refractivity (Wildman–Crippen MR) is 94.7 cm³/mol. The molecular weight excluding hydrogens is 318 g/mol. The van der Waals surface area contributed by atoms with Gasteiger partial charge in [-0.15, -0.1) is 0 Å². The van der Waals surface area contributed by atoms with Crippen LogP contribution in [0.25, 0.3) is 0 Å². The third kappa shape index (κ3) is 4.18. The van der Waals surface area contributed by atoms with Gasteiger partial charge in [0, 0.05) is 5.69 Å². The number of anilines is 1. The lowest BCUT2D eigenvalue weighted by atomic mass is 9.82. The number of benzene rings is 2. The molecule has 2 aromatic rings. The van der Waals surface area contributed by atoms with Crippen molar-refractivity contribution < 1.29 is 19.1 Å². The average molecular weight is 339 g/mol. The van der Waals surface area contributed by atoms with E-state index in [1.165, 1.54) is 12.7 Å². The van der Waals surface area contributed by atoms with Gasteiger partial charge in [-0.25, -0.2) is 4.79 Å². The molecule has 1 aliphatic carbocycles. The molecule has 0 heterocycles. The summed E-state index contributed by atoms with van der Waals surface area (Å²) in [6, 6.07) is 15.1. The lowest BCUT2D eigenvalue weighted by Gasteiger charge is -2.24. The van der Waals surface area contributed by atoms with Gasteiger partial charge in [0.25, 0.3) is 0 Å². The van der Waals surface area contributed by atoms with Crippen molar-refractivity contribution in [3.05, 3.63) is 59.7 Å². The Morgan fingerprint density at radius 1 is 1.12 bits per heavy atom. The van der Waals surface area contributed by atoms with Crippen LogP contribution in [0.1, 0.15) is 29.9 Å². The number of carbonyl (C=O) groups excluding carboxylic acids is 2. The summed E-state index contributed by atoms with van der Waals surface area (Å²) >= 11 is 0. The fourth-order valence-corrected chi connectivity index (χ4v) is 3.09. The minimum Gasteiger partial charge on any atom is -0.482 e. The van der Waals surface area contributed by atoms with E-state index in [9.17, 15) is 9.59 Å². The molecule has 0 saturated heterocycles. The van der Waals surface area contributed by atoms with E-state index in [0.717, 1.165) is 24.8 Å². The van der Waals surface area contributed by atoms with Crippen LogP contribution >= 0.6 is 0 Å². The van der Waals surface area contributed by atoms with Crippen LogP contribution in [0.4, 0.5) is 5.69 Å². The Bertz CT molecular complexity index is 755. The minimum atomic E-state index is -0.437. The molecule has 0 saturated carbocycles. The summed E-state index contributed by atoms with van der Waals surface area (Å²) in [5, 5.41) is 2.97. The fourth-order valence-electron chi connectivity index (χ4n) is 3.09. The summed E-state index contributed by atoms with van der Waals surface area (Å²) in [5.74, 6) is 0.00957. The van der Waals surface area contributed by atoms with Crippen molar-refractivity contribution in [1.82, 2.24) is 0 Å². The molecule has 5 heteroatoms. The number of hydrogen-bond acceptors (Lipinski definition) is 4. The summed E-state index contributed by atoms with van der Waals surface area (Å²) in [4.78, 5) is 23.7. The maximum absolute atomic E-state index is 12.7. The van der Waals surface area contributed by atoms with E-state index in [1.54, 1.807) is 24.3 Å². The van der Waals surface area contributed by atoms with Crippen molar-refractivity contribution in [2.75, 3.05) is 19.0 Å². The summed E-state index contributed by atoms with van der Waals surface area (Å²) < 4.78 is 9.82. The van der Waals surface area contributed by atoms with Crippen molar-refractivity contribution >= 4 is 17.6 Å². The Morgan fingerprint density at radius 2 is 1.88 bits per heavy atom. The van der Waals surface area contributed by atoms with Crippen molar-refractivity contribution in [1.29, 1.82) is 0 Å². The van der Waals surface area contributed by atoms with E-state index in [1.807, 2.05) is 18.2 Å². The van der Waals surface area contributed by atoms with Crippen LogP contribution in [-0.2, 0) is 20.7 Å². The Balaban J connectivity index is 1.63. The number of amides is 1. The van der Waals surface area contributed by atoms with Gasteiger partial charge in [-0.1, -0.05) is 24.3 Å². The quantitative estimate of drug-likeness (QED) is 0.849. The number of aryl methyl sites for hydroxylation is 1. The number of carbonyl (C=O) groups is 2. The predicted octanol–water partition coefficient (Wildman–Crippen LogP) is 3.30. The molecule has 0 aliphatic heterocycles. The normalized spacial score (nSPS) is 15.8. The molecule has 1 amide bonds. The SMILES string of the molecule is COC(=O)COc1ccc(NC(=O)[C@@H]2CCCc3ccccc32)cc1. The van der Waals surface area contributed by atoms with Crippen LogP contribution in [0.15, 0.2) is 48.5 Å². The first-order valence-electron chi connectivity index (χ1n) is 8.35. The molecule has 5 nitrogen and oxygen atoms in total. The molecule has 130 valence electrons. The summed E-state index contributed by atoms with van der Waals surface area (Å²) in [6.45, 7) is -0.138. The molecule has 1 atom stereocenters. The Kier molecular flexibility index (Phi) is 5.33. The van der Waals surface area contributed by atoms with E-state index in [4.69, 9.17) is 4.74 Å². The Labute approximate surface area is 147 Å². The van der Waals surface area contributed by atoms with Gasteiger partial charge in [-0.2, -0.15) is 0 Å². The molecule has 2 aromatic carbocycles. The molecule has 1 N–H and O–H groups in total. The molecule has 25 heavy (non-hydrogen) atoms. The third-order valence-electron chi connectivity index (χ3n) is 4.39. The third-order valence-corrected chi connectivity index (χ3v) is 4.39. The first-order valence-corrected chi connectivity index (χ1v) is 8.35. The van der Waals surface area contributed by atoms with Crippen LogP contribution in [0, 0.1) is 0 Å². The van der Waals surface area contributed by atoms with Gasteiger partial charge in [-0.05, 0) is 54.7 Å². The zero-order valence-electron chi connectivity index (χ0n) is 14.2. The van der Waals surface area contributed by atoms with Crippen molar-refractivity contribution in [2.45, 2.75) is 25.2 Å². The van der Waals surface area contributed by atoms with Crippen molar-refractivity contribution in [3.8, 4) is 5.75 Å². The molecule has 0 spiro atoms. The van der Waals surface area contributed by atoms with Crippen LogP contribution in [0.3, 0.4) is 0 Å². The number of nitrogens with one attached hydrogen (secondary N) is 1. The number of hydrogen-bond donors (Lipinski definition) is 1. The van der Waals surface area contributed by atoms with Gasteiger partial charge in [0.05, 0.1) is 13.0 Å². The average Bonchev–Trinajstić information content (AvgIpc) is 2.66. The molecule has 0 fully saturated rings. The molecule has 3 rings (SSSR count). The second kappa shape index (κ2) is 7.83. The highest BCUT2D eigenvalue weighted by atomic mass is 16.6. The van der Waals surface area contributed by atoms with Gasteiger partial charge >= 0.3 is 5.97 Å². The fraction of sp³-hybridized carbons (Fsp3) is 0.300. The Hall–Kier alpha value is -2.82. The highest BCUT2D eigenvalue weighted by Crippen LogP contribution is 2.32. The van der Waals surface area contributed by atoms with Crippen molar-refractivity contribution in [3.63, 3.8) is 0 Å². The highest BCUT2D eigenvalue weighted by Gasteiger charge is 2.26. The summed E-state index contributed by atoms with van der Waals surface area (Å²) in [5.41, 5.74) is 3.10. The second-order valence-electron chi connectivity index (χ2n) is 6.02. The number of methoxy groups -OCH3 is 1. The standard InChI is InChI=1S/C20H21NO4/c1-24-19(22)13-25-16-11-9-15(10-12-16)21-20(23)18-8-4-6-14-5-2-3-7-17(14)18/h2-3,5,7,9-12,18H,4,6,8,13H2,1H3,(H,21,23)/t18-/m1/s1. The summed E-state index contributed by atoms with van der Waals surface area (Å²) in [7, 11) is 1.31. The Morgan fingerprint density at radius 3 is 2.64 bits per heavy atom. The molecule has 0 radical (unpaired) electrons. The molecule has 0 bridgehead atoms. The van der Waals surface area contributed by atoms with Crippen LogP contribution in [0.5, 0.6) is 5.75 Å². The zero-order valence-corrected chi connectivity index (χ0v) is 14.2. The zero-order chi connectivity index (χ0) is 17.6. The van der Waals surface area contributed by atoms with E-state index < -0.39 is 5.97 Å². The van der Waals surface area contributed by atoms with E-state index in [2.05, 4.69) is 16.1 Å². The topological polar surface area (TPSA) is 64.6 Å². The van der Waals surface area contributed by atoms with E-state index >= 15 is 0 Å². The van der Waals surface area contributed by atoms with Gasteiger partial charge in [0.15, 0.2) is 6.61 Å².